The quantitative estimate of drug-likeness (QED) is 0.838. The zero-order valence-corrected chi connectivity index (χ0v) is 15.1. The predicted octanol–water partition coefficient (Wildman–Crippen LogP) is 2.62. The summed E-state index contributed by atoms with van der Waals surface area (Å²) >= 11 is 0. The number of carbonyl (C=O) groups excluding carboxylic acids is 1. The molecule has 4 rings (SSSR count). The van der Waals surface area contributed by atoms with Crippen LogP contribution in [0.25, 0.3) is 11.0 Å². The number of sulfone groups is 1. The molecular weight excluding hydrogens is 342 g/mol. The van der Waals surface area contributed by atoms with Crippen molar-refractivity contribution in [1.82, 2.24) is 4.90 Å². The highest BCUT2D eigenvalue weighted by atomic mass is 32.2. The average Bonchev–Trinajstić information content (AvgIpc) is 3.11. The third-order valence-electron chi connectivity index (χ3n) is 5.47. The van der Waals surface area contributed by atoms with Crippen LogP contribution in [0.15, 0.2) is 28.7 Å². The molecule has 2 aromatic rings. The Morgan fingerprint density at radius 2 is 1.92 bits per heavy atom. The summed E-state index contributed by atoms with van der Waals surface area (Å²) in [5, 5.41) is 0.478. The molecule has 2 bridgehead atoms. The molecule has 2 saturated heterocycles. The van der Waals surface area contributed by atoms with E-state index in [0.717, 1.165) is 18.2 Å². The first-order valence-electron chi connectivity index (χ1n) is 8.46. The normalized spacial score (nSPS) is 26.2. The van der Waals surface area contributed by atoms with Crippen LogP contribution in [0.5, 0.6) is 5.75 Å². The molecule has 0 spiro atoms. The van der Waals surface area contributed by atoms with Crippen LogP contribution in [0, 0.1) is 0 Å². The summed E-state index contributed by atoms with van der Waals surface area (Å²) < 4.78 is 34.9. The fourth-order valence-corrected chi connectivity index (χ4v) is 5.38. The van der Waals surface area contributed by atoms with Gasteiger partial charge in [-0.15, -0.1) is 0 Å². The van der Waals surface area contributed by atoms with Crippen LogP contribution in [-0.4, -0.2) is 49.9 Å². The molecule has 0 saturated carbocycles. The second-order valence-corrected chi connectivity index (χ2v) is 9.34. The van der Waals surface area contributed by atoms with E-state index in [1.165, 1.54) is 6.26 Å². The lowest BCUT2D eigenvalue weighted by atomic mass is 10.0. The molecule has 25 heavy (non-hydrogen) atoms. The summed E-state index contributed by atoms with van der Waals surface area (Å²) in [6.07, 6.45) is 4.04. The number of benzene rings is 1. The monoisotopic (exact) mass is 363 g/mol. The van der Waals surface area contributed by atoms with E-state index in [-0.39, 0.29) is 29.0 Å². The van der Waals surface area contributed by atoms with E-state index in [0.29, 0.717) is 24.2 Å². The van der Waals surface area contributed by atoms with E-state index in [9.17, 15) is 13.2 Å². The maximum absolute atomic E-state index is 13.0. The third kappa shape index (κ3) is 2.70. The Kier molecular flexibility index (Phi) is 3.79. The van der Waals surface area contributed by atoms with Gasteiger partial charge in [0.05, 0.1) is 12.4 Å². The van der Waals surface area contributed by atoms with Gasteiger partial charge in [0.15, 0.2) is 17.1 Å². The lowest BCUT2D eigenvalue weighted by Gasteiger charge is -2.37. The van der Waals surface area contributed by atoms with Crippen LogP contribution in [0.3, 0.4) is 0 Å². The minimum Gasteiger partial charge on any atom is -0.493 e. The Morgan fingerprint density at radius 3 is 2.52 bits per heavy atom. The van der Waals surface area contributed by atoms with Crippen molar-refractivity contribution in [2.45, 2.75) is 43.0 Å². The summed E-state index contributed by atoms with van der Waals surface area (Å²) in [5.41, 5.74) is 0.562. The molecule has 2 unspecified atom stereocenters. The molecule has 7 heteroatoms. The Hall–Kier alpha value is -2.02. The highest BCUT2D eigenvalue weighted by molar-refractivity contribution is 7.91. The number of amides is 1. The number of hydrogen-bond acceptors (Lipinski definition) is 5. The van der Waals surface area contributed by atoms with Crippen molar-refractivity contribution in [2.24, 2.45) is 0 Å². The zero-order chi connectivity index (χ0) is 17.8. The van der Waals surface area contributed by atoms with Gasteiger partial charge in [-0.2, -0.15) is 0 Å². The molecule has 1 aromatic carbocycles. The number of furan rings is 1. The van der Waals surface area contributed by atoms with E-state index in [2.05, 4.69) is 0 Å². The molecule has 6 nitrogen and oxygen atoms in total. The zero-order valence-electron chi connectivity index (χ0n) is 14.3. The second-order valence-electron chi connectivity index (χ2n) is 7.01. The Labute approximate surface area is 146 Å². The number of rotatable bonds is 3. The van der Waals surface area contributed by atoms with E-state index in [4.69, 9.17) is 9.15 Å². The van der Waals surface area contributed by atoms with Crippen LogP contribution >= 0.6 is 0 Å². The maximum atomic E-state index is 13.0. The van der Waals surface area contributed by atoms with Crippen molar-refractivity contribution >= 4 is 26.7 Å². The van der Waals surface area contributed by atoms with Crippen molar-refractivity contribution in [2.75, 3.05) is 13.4 Å². The molecule has 1 aromatic heterocycles. The fourth-order valence-electron chi connectivity index (χ4n) is 4.24. The number of ether oxygens (including phenoxy) is 1. The first-order valence-corrected chi connectivity index (χ1v) is 10.4. The van der Waals surface area contributed by atoms with E-state index < -0.39 is 9.84 Å². The smallest absolute Gasteiger partial charge is 0.290 e. The highest BCUT2D eigenvalue weighted by Crippen LogP contribution is 2.39. The van der Waals surface area contributed by atoms with Gasteiger partial charge in [-0.05, 0) is 37.8 Å². The topological polar surface area (TPSA) is 76.8 Å². The molecule has 3 heterocycles. The van der Waals surface area contributed by atoms with Gasteiger partial charge in [0, 0.05) is 23.7 Å². The molecule has 0 radical (unpaired) electrons. The molecule has 1 amide bonds. The van der Waals surface area contributed by atoms with Gasteiger partial charge >= 0.3 is 0 Å². The van der Waals surface area contributed by atoms with E-state index in [1.54, 1.807) is 19.2 Å². The van der Waals surface area contributed by atoms with E-state index >= 15 is 0 Å². The van der Waals surface area contributed by atoms with Gasteiger partial charge in [0.2, 0.25) is 0 Å². The molecule has 2 fully saturated rings. The number of carbonyl (C=O) groups is 1. The lowest BCUT2D eigenvalue weighted by molar-refractivity contribution is 0.0568. The van der Waals surface area contributed by atoms with Gasteiger partial charge in [-0.3, -0.25) is 4.79 Å². The number of para-hydroxylation sites is 1. The Morgan fingerprint density at radius 1 is 1.24 bits per heavy atom. The molecule has 134 valence electrons. The highest BCUT2D eigenvalue weighted by Gasteiger charge is 2.46. The molecule has 0 aliphatic carbocycles. The minimum atomic E-state index is -3.07. The van der Waals surface area contributed by atoms with Crippen molar-refractivity contribution in [3.63, 3.8) is 0 Å². The first-order chi connectivity index (χ1) is 11.9. The molecular formula is C18H21NO5S. The van der Waals surface area contributed by atoms with Crippen LogP contribution in [0.2, 0.25) is 0 Å². The van der Waals surface area contributed by atoms with Crippen molar-refractivity contribution < 1.29 is 22.4 Å². The Bertz CT molecular complexity index is 918. The summed E-state index contributed by atoms with van der Waals surface area (Å²) in [6.45, 7) is 0. The minimum absolute atomic E-state index is 0.0268. The number of methoxy groups -OCH3 is 1. The molecule has 2 aliphatic rings. The van der Waals surface area contributed by atoms with Gasteiger partial charge < -0.3 is 14.1 Å². The molecule has 2 aliphatic heterocycles. The number of nitrogens with zero attached hydrogens (tertiary/aromatic N) is 1. The summed E-state index contributed by atoms with van der Waals surface area (Å²) in [7, 11) is -1.51. The van der Waals surface area contributed by atoms with Crippen LogP contribution in [0.1, 0.15) is 36.2 Å². The standard InChI is InChI=1S/C18H21NO5S/c1-23-15-5-3-4-11-8-16(24-17(11)15)18(20)19-12-6-7-13(19)10-14(9-12)25(2,21)22/h3-5,8,12-14H,6-7,9-10H2,1-2H3. The van der Waals surface area contributed by atoms with Crippen molar-refractivity contribution in [3.05, 3.63) is 30.0 Å². The first kappa shape index (κ1) is 16.4. The number of piperidine rings is 1. The summed E-state index contributed by atoms with van der Waals surface area (Å²) in [6, 6.07) is 7.21. The van der Waals surface area contributed by atoms with E-state index in [1.807, 2.05) is 17.0 Å². The SMILES string of the molecule is COc1cccc2cc(C(=O)N3C4CCC3CC(S(C)(=O)=O)C4)oc12. The number of hydrogen-bond donors (Lipinski definition) is 0. The predicted molar refractivity (Wildman–Crippen MR) is 93.6 cm³/mol. The summed E-state index contributed by atoms with van der Waals surface area (Å²) in [4.78, 5) is 14.9. The number of fused-ring (bicyclic) bond motifs is 3. The second kappa shape index (κ2) is 5.76. The molecule has 2 atom stereocenters. The van der Waals surface area contributed by atoms with Crippen molar-refractivity contribution in [1.29, 1.82) is 0 Å². The van der Waals surface area contributed by atoms with Gasteiger partial charge in [-0.1, -0.05) is 12.1 Å². The van der Waals surface area contributed by atoms with Crippen LogP contribution in [0.4, 0.5) is 0 Å². The maximum Gasteiger partial charge on any atom is 0.290 e. The molecule has 0 N–H and O–H groups in total. The van der Waals surface area contributed by atoms with Gasteiger partial charge in [0.25, 0.3) is 5.91 Å². The lowest BCUT2D eigenvalue weighted by Crippen LogP contribution is -2.49. The summed E-state index contributed by atoms with van der Waals surface area (Å²) in [5.74, 6) is 0.724. The Balaban J connectivity index is 1.64. The van der Waals surface area contributed by atoms with Crippen LogP contribution < -0.4 is 4.74 Å². The largest absolute Gasteiger partial charge is 0.493 e. The average molecular weight is 363 g/mol. The van der Waals surface area contributed by atoms with Gasteiger partial charge in [0.1, 0.15) is 9.84 Å². The van der Waals surface area contributed by atoms with Crippen molar-refractivity contribution in [3.8, 4) is 5.75 Å². The van der Waals surface area contributed by atoms with Gasteiger partial charge in [-0.25, -0.2) is 8.42 Å². The third-order valence-corrected chi connectivity index (χ3v) is 7.06. The van der Waals surface area contributed by atoms with Crippen LogP contribution in [-0.2, 0) is 9.84 Å². The fraction of sp³-hybridized carbons (Fsp3) is 0.500.